The number of hydrogen-bond acceptors (Lipinski definition) is 7. The van der Waals surface area contributed by atoms with Gasteiger partial charge in [0.1, 0.15) is 6.61 Å². The molecule has 0 N–H and O–H groups in total. The molecule has 1 aliphatic rings. The smallest absolute Gasteiger partial charge is 0.293 e. The van der Waals surface area contributed by atoms with Crippen molar-refractivity contribution in [2.45, 2.75) is 6.54 Å². The van der Waals surface area contributed by atoms with Crippen LogP contribution >= 0.6 is 27.7 Å². The highest BCUT2D eigenvalue weighted by Gasteiger charge is 2.35. The first-order chi connectivity index (χ1) is 14.8. The van der Waals surface area contributed by atoms with Gasteiger partial charge in [-0.25, -0.2) is 0 Å². The fourth-order valence-corrected chi connectivity index (χ4v) is 4.21. The molecular weight excluding hydrogens is 488 g/mol. The molecule has 10 heteroatoms. The Kier molecular flexibility index (Phi) is 7.13. The molecule has 2 amide bonds. The molecule has 0 unspecified atom stereocenters. The van der Waals surface area contributed by atoms with Crippen LogP contribution in [-0.4, -0.2) is 34.7 Å². The topological polar surface area (TPSA) is 99.0 Å². The fourth-order valence-electron chi connectivity index (χ4n) is 2.80. The molecule has 8 nitrogen and oxygen atoms in total. The number of carbonyl (C=O) groups excluding carboxylic acids is 2. The normalized spacial score (nSPS) is 14.8. The van der Waals surface area contributed by atoms with E-state index in [9.17, 15) is 19.7 Å². The predicted molar refractivity (Wildman–Crippen MR) is 121 cm³/mol. The number of carbonyl (C=O) groups is 2. The van der Waals surface area contributed by atoms with E-state index < -0.39 is 16.1 Å². The lowest BCUT2D eigenvalue weighted by atomic mass is 10.1. The summed E-state index contributed by atoms with van der Waals surface area (Å²) in [6.07, 6.45) is 3.21. The van der Waals surface area contributed by atoms with E-state index >= 15 is 0 Å². The minimum atomic E-state index is -0.507. The van der Waals surface area contributed by atoms with Crippen LogP contribution in [0.2, 0.25) is 0 Å². The number of non-ortho nitro benzene ring substituents is 1. The number of rotatable bonds is 8. The molecule has 0 spiro atoms. The summed E-state index contributed by atoms with van der Waals surface area (Å²) in [7, 11) is 1.50. The van der Waals surface area contributed by atoms with Crippen molar-refractivity contribution in [3.05, 3.63) is 79.7 Å². The van der Waals surface area contributed by atoms with E-state index in [1.165, 1.54) is 31.4 Å². The van der Waals surface area contributed by atoms with Crippen LogP contribution in [0.5, 0.6) is 11.5 Å². The summed E-state index contributed by atoms with van der Waals surface area (Å²) in [6.45, 7) is 3.94. The van der Waals surface area contributed by atoms with Crippen LogP contribution in [0.3, 0.4) is 0 Å². The van der Waals surface area contributed by atoms with E-state index in [2.05, 4.69) is 22.5 Å². The fraction of sp³-hybridized carbons (Fsp3) is 0.143. The summed E-state index contributed by atoms with van der Waals surface area (Å²) in [5, 5.41) is 10.4. The van der Waals surface area contributed by atoms with Crippen molar-refractivity contribution >= 4 is 50.6 Å². The maximum atomic E-state index is 12.8. The molecule has 0 bridgehead atoms. The van der Waals surface area contributed by atoms with Crippen molar-refractivity contribution < 1.29 is 24.0 Å². The lowest BCUT2D eigenvalue weighted by molar-refractivity contribution is -0.384. The molecule has 0 saturated carbocycles. The van der Waals surface area contributed by atoms with Gasteiger partial charge in [-0.2, -0.15) is 0 Å². The second-order valence-electron chi connectivity index (χ2n) is 6.33. The van der Waals surface area contributed by atoms with E-state index in [-0.39, 0.29) is 17.1 Å². The summed E-state index contributed by atoms with van der Waals surface area (Å²) in [5.41, 5.74) is 1.20. The van der Waals surface area contributed by atoms with E-state index in [0.29, 0.717) is 33.7 Å². The number of imide groups is 1. The second-order valence-corrected chi connectivity index (χ2v) is 8.17. The molecule has 1 aliphatic heterocycles. The summed E-state index contributed by atoms with van der Waals surface area (Å²) >= 11 is 4.26. The monoisotopic (exact) mass is 504 g/mol. The molecule has 1 saturated heterocycles. The van der Waals surface area contributed by atoms with Crippen LogP contribution in [0, 0.1) is 10.1 Å². The minimum absolute atomic E-state index is 0.0291. The summed E-state index contributed by atoms with van der Waals surface area (Å²) < 4.78 is 11.6. The minimum Gasteiger partial charge on any atom is -0.493 e. The Bertz CT molecular complexity index is 1080. The van der Waals surface area contributed by atoms with Crippen molar-refractivity contribution in [1.29, 1.82) is 0 Å². The average molecular weight is 505 g/mol. The Morgan fingerprint density at radius 3 is 2.58 bits per heavy atom. The lowest BCUT2D eigenvalue weighted by Crippen LogP contribution is -2.27. The van der Waals surface area contributed by atoms with Crippen molar-refractivity contribution in [3.8, 4) is 11.5 Å². The molecule has 1 heterocycles. The molecule has 31 heavy (non-hydrogen) atoms. The molecular formula is C21H17BrN2O6S. The third-order valence-electron chi connectivity index (χ3n) is 4.26. The van der Waals surface area contributed by atoms with Gasteiger partial charge in [-0.15, -0.1) is 0 Å². The van der Waals surface area contributed by atoms with E-state index in [1.54, 1.807) is 24.3 Å². The first-order valence-electron chi connectivity index (χ1n) is 8.94. The number of benzene rings is 2. The van der Waals surface area contributed by atoms with Crippen LogP contribution in [0.4, 0.5) is 10.5 Å². The van der Waals surface area contributed by atoms with Crippen molar-refractivity contribution in [1.82, 2.24) is 4.90 Å². The lowest BCUT2D eigenvalue weighted by Gasteiger charge is -2.13. The quantitative estimate of drug-likeness (QED) is 0.211. The third kappa shape index (κ3) is 5.15. The first-order valence-corrected chi connectivity index (χ1v) is 10.5. The standard InChI is InChI=1S/C21H17BrN2O6S/c1-3-8-30-19-16(22)9-14(10-17(19)29-2)11-18-20(25)23(21(26)31-18)12-13-4-6-15(7-5-13)24(27)28/h3-7,9-11H,1,8,12H2,2H3/b18-11-. The van der Waals surface area contributed by atoms with Gasteiger partial charge >= 0.3 is 0 Å². The van der Waals surface area contributed by atoms with E-state index in [4.69, 9.17) is 9.47 Å². The number of nitro groups is 1. The molecule has 0 radical (unpaired) electrons. The van der Waals surface area contributed by atoms with Crippen LogP contribution in [-0.2, 0) is 11.3 Å². The van der Waals surface area contributed by atoms with Crippen LogP contribution in [0.1, 0.15) is 11.1 Å². The van der Waals surface area contributed by atoms with Crippen molar-refractivity contribution in [2.75, 3.05) is 13.7 Å². The Hall–Kier alpha value is -3.11. The maximum absolute atomic E-state index is 12.8. The van der Waals surface area contributed by atoms with E-state index in [0.717, 1.165) is 16.7 Å². The number of halogens is 1. The zero-order valence-corrected chi connectivity index (χ0v) is 18.8. The van der Waals surface area contributed by atoms with Gasteiger partial charge in [0, 0.05) is 12.1 Å². The van der Waals surface area contributed by atoms with Gasteiger partial charge < -0.3 is 9.47 Å². The molecule has 2 aromatic rings. The van der Waals surface area contributed by atoms with Gasteiger partial charge in [-0.1, -0.05) is 24.8 Å². The van der Waals surface area contributed by atoms with Gasteiger partial charge in [0.25, 0.3) is 16.8 Å². The Morgan fingerprint density at radius 1 is 1.26 bits per heavy atom. The average Bonchev–Trinajstić information content (AvgIpc) is 3.00. The van der Waals surface area contributed by atoms with Crippen molar-refractivity contribution in [2.24, 2.45) is 0 Å². The highest BCUT2D eigenvalue weighted by Crippen LogP contribution is 2.39. The number of nitrogens with zero attached hydrogens (tertiary/aromatic N) is 2. The van der Waals surface area contributed by atoms with Gasteiger partial charge in [0.05, 0.1) is 28.0 Å². The highest BCUT2D eigenvalue weighted by atomic mass is 79.9. The Balaban J connectivity index is 1.82. The zero-order chi connectivity index (χ0) is 22.5. The van der Waals surface area contributed by atoms with Gasteiger partial charge in [0.15, 0.2) is 11.5 Å². The highest BCUT2D eigenvalue weighted by molar-refractivity contribution is 9.10. The van der Waals surface area contributed by atoms with Crippen LogP contribution < -0.4 is 9.47 Å². The summed E-state index contributed by atoms with van der Waals surface area (Å²) in [5.74, 6) is 0.536. The number of methoxy groups -OCH3 is 1. The van der Waals surface area contributed by atoms with Crippen LogP contribution in [0.25, 0.3) is 6.08 Å². The number of amides is 2. The zero-order valence-electron chi connectivity index (χ0n) is 16.4. The van der Waals surface area contributed by atoms with Crippen LogP contribution in [0.15, 0.2) is 58.4 Å². The first kappa shape index (κ1) is 22.6. The second kappa shape index (κ2) is 9.80. The predicted octanol–water partition coefficient (Wildman–Crippen LogP) is 5.17. The Labute approximate surface area is 190 Å². The summed E-state index contributed by atoms with van der Waals surface area (Å²) in [6, 6.07) is 9.18. The molecule has 2 aromatic carbocycles. The molecule has 1 fully saturated rings. The van der Waals surface area contributed by atoms with Gasteiger partial charge in [-0.3, -0.25) is 24.6 Å². The molecule has 0 aliphatic carbocycles. The maximum Gasteiger partial charge on any atom is 0.293 e. The molecule has 0 aromatic heterocycles. The van der Waals surface area contributed by atoms with Crippen molar-refractivity contribution in [3.63, 3.8) is 0 Å². The number of ether oxygens (including phenoxy) is 2. The Morgan fingerprint density at radius 2 is 1.97 bits per heavy atom. The largest absolute Gasteiger partial charge is 0.493 e. The van der Waals surface area contributed by atoms with E-state index in [1.807, 2.05) is 0 Å². The summed E-state index contributed by atoms with van der Waals surface area (Å²) in [4.78, 5) is 36.8. The number of nitro benzene ring substituents is 1. The molecule has 3 rings (SSSR count). The van der Waals surface area contributed by atoms with Gasteiger partial charge in [-0.05, 0) is 57.0 Å². The third-order valence-corrected chi connectivity index (χ3v) is 5.75. The SMILES string of the molecule is C=CCOc1c(Br)cc(/C=C2\SC(=O)N(Cc3ccc([N+](=O)[O-])cc3)C2=O)cc1OC. The number of hydrogen-bond donors (Lipinski definition) is 0. The molecule has 160 valence electrons. The molecule has 0 atom stereocenters. The number of thioether (sulfide) groups is 1. The van der Waals surface area contributed by atoms with Gasteiger partial charge in [0.2, 0.25) is 0 Å².